The molecule has 68 valence electrons. The van der Waals surface area contributed by atoms with Crippen LogP contribution in [0.1, 0.15) is 24.7 Å². The number of nitrogens with zero attached hydrogens (tertiary/aromatic N) is 3. The lowest BCUT2D eigenvalue weighted by Crippen LogP contribution is -2.12. The summed E-state index contributed by atoms with van der Waals surface area (Å²) < 4.78 is 4.89. The number of ether oxygens (including phenoxy) is 1. The molecule has 0 aromatic carbocycles. The maximum atomic E-state index is 5.74. The van der Waals surface area contributed by atoms with Crippen molar-refractivity contribution >= 4 is 0 Å². The minimum Gasteiger partial charge on any atom is -0.385 e. The van der Waals surface area contributed by atoms with E-state index in [1.165, 1.54) is 0 Å². The number of aromatic amines is 1. The van der Waals surface area contributed by atoms with E-state index in [1.54, 1.807) is 7.11 Å². The van der Waals surface area contributed by atoms with Crippen LogP contribution in [0.3, 0.4) is 0 Å². The van der Waals surface area contributed by atoms with Gasteiger partial charge in [-0.25, -0.2) is 0 Å². The number of nitrogens with two attached hydrogens (primary N) is 1. The van der Waals surface area contributed by atoms with Crippen molar-refractivity contribution in [2.75, 3.05) is 13.7 Å². The Bertz CT molecular complexity index is 200. The molecule has 0 aliphatic rings. The summed E-state index contributed by atoms with van der Waals surface area (Å²) in [5.41, 5.74) is 5.74. The van der Waals surface area contributed by atoms with Gasteiger partial charge in [0.2, 0.25) is 0 Å². The van der Waals surface area contributed by atoms with Gasteiger partial charge in [0.15, 0.2) is 5.82 Å². The van der Waals surface area contributed by atoms with Crippen molar-refractivity contribution in [1.82, 2.24) is 20.6 Å². The summed E-state index contributed by atoms with van der Waals surface area (Å²) in [6, 6.07) is -0.140. The molecular weight excluding hydrogens is 158 g/mol. The molecule has 6 nitrogen and oxygen atoms in total. The third kappa shape index (κ3) is 2.55. The highest BCUT2D eigenvalue weighted by Crippen LogP contribution is 2.08. The van der Waals surface area contributed by atoms with Crippen LogP contribution in [0.2, 0.25) is 0 Å². The molecule has 0 aliphatic carbocycles. The fourth-order valence-electron chi connectivity index (χ4n) is 0.903. The lowest BCUT2D eigenvalue weighted by molar-refractivity contribution is 0.190. The van der Waals surface area contributed by atoms with Crippen LogP contribution in [-0.2, 0) is 4.74 Å². The van der Waals surface area contributed by atoms with E-state index in [0.29, 0.717) is 12.4 Å². The van der Waals surface area contributed by atoms with Gasteiger partial charge in [-0.2, -0.15) is 5.21 Å². The first kappa shape index (κ1) is 9.08. The van der Waals surface area contributed by atoms with Gasteiger partial charge in [-0.05, 0) is 12.8 Å². The van der Waals surface area contributed by atoms with E-state index in [-0.39, 0.29) is 6.04 Å². The Hall–Kier alpha value is -1.01. The van der Waals surface area contributed by atoms with Crippen LogP contribution in [0.15, 0.2) is 0 Å². The maximum absolute atomic E-state index is 5.74. The molecule has 0 bridgehead atoms. The van der Waals surface area contributed by atoms with Crippen LogP contribution in [0.4, 0.5) is 0 Å². The average Bonchev–Trinajstić information content (AvgIpc) is 2.56. The largest absolute Gasteiger partial charge is 0.385 e. The molecule has 1 heterocycles. The number of rotatable bonds is 5. The molecule has 1 atom stereocenters. The van der Waals surface area contributed by atoms with Crippen molar-refractivity contribution in [3.8, 4) is 0 Å². The van der Waals surface area contributed by atoms with Crippen LogP contribution in [0.25, 0.3) is 0 Å². The molecule has 3 N–H and O–H groups in total. The topological polar surface area (TPSA) is 89.7 Å². The second-order valence-electron chi connectivity index (χ2n) is 2.51. The molecule has 0 saturated carbocycles. The third-order valence-corrected chi connectivity index (χ3v) is 1.56. The number of methoxy groups -OCH3 is 1. The number of tetrazole rings is 1. The van der Waals surface area contributed by atoms with Gasteiger partial charge in [-0.15, -0.1) is 10.2 Å². The van der Waals surface area contributed by atoms with Gasteiger partial charge in [0.05, 0.1) is 6.04 Å². The van der Waals surface area contributed by atoms with E-state index in [4.69, 9.17) is 10.5 Å². The van der Waals surface area contributed by atoms with E-state index in [2.05, 4.69) is 20.6 Å². The molecule has 0 amide bonds. The smallest absolute Gasteiger partial charge is 0.191 e. The van der Waals surface area contributed by atoms with Crippen molar-refractivity contribution in [3.63, 3.8) is 0 Å². The lowest BCUT2D eigenvalue weighted by Gasteiger charge is -2.04. The zero-order valence-corrected chi connectivity index (χ0v) is 7.03. The second kappa shape index (κ2) is 4.78. The minimum atomic E-state index is -0.140. The fraction of sp³-hybridized carbons (Fsp3) is 0.833. The summed E-state index contributed by atoms with van der Waals surface area (Å²) in [5.74, 6) is 0.561. The molecule has 6 heteroatoms. The summed E-state index contributed by atoms with van der Waals surface area (Å²) in [4.78, 5) is 0. The summed E-state index contributed by atoms with van der Waals surface area (Å²) >= 11 is 0. The van der Waals surface area contributed by atoms with Crippen molar-refractivity contribution in [1.29, 1.82) is 0 Å². The van der Waals surface area contributed by atoms with Crippen LogP contribution in [0.5, 0.6) is 0 Å². The van der Waals surface area contributed by atoms with Crippen LogP contribution >= 0.6 is 0 Å². The zero-order chi connectivity index (χ0) is 8.81. The summed E-state index contributed by atoms with van der Waals surface area (Å²) in [7, 11) is 1.67. The SMILES string of the molecule is COCCCC(N)c1nn[nH]n1. The van der Waals surface area contributed by atoms with Crippen molar-refractivity contribution in [2.45, 2.75) is 18.9 Å². The summed E-state index contributed by atoms with van der Waals surface area (Å²) in [6.45, 7) is 0.714. The van der Waals surface area contributed by atoms with Gasteiger partial charge in [0.25, 0.3) is 0 Å². The number of hydrogen-bond donors (Lipinski definition) is 2. The molecule has 0 saturated heterocycles. The second-order valence-corrected chi connectivity index (χ2v) is 2.51. The molecule has 0 radical (unpaired) electrons. The fourth-order valence-corrected chi connectivity index (χ4v) is 0.903. The van der Waals surface area contributed by atoms with Crippen LogP contribution < -0.4 is 5.73 Å². The van der Waals surface area contributed by atoms with E-state index < -0.39 is 0 Å². The zero-order valence-electron chi connectivity index (χ0n) is 7.03. The van der Waals surface area contributed by atoms with E-state index in [1.807, 2.05) is 0 Å². The van der Waals surface area contributed by atoms with Crippen LogP contribution in [-0.4, -0.2) is 34.3 Å². The number of aromatic nitrogens is 4. The first-order valence-electron chi connectivity index (χ1n) is 3.82. The molecule has 1 aromatic heterocycles. The Labute approximate surface area is 70.5 Å². The van der Waals surface area contributed by atoms with Gasteiger partial charge in [-0.3, -0.25) is 0 Å². The van der Waals surface area contributed by atoms with Gasteiger partial charge >= 0.3 is 0 Å². The molecule has 1 rings (SSSR count). The molecule has 0 aliphatic heterocycles. The standard InChI is InChI=1S/C6H13N5O/c1-12-4-2-3-5(7)6-8-10-11-9-6/h5H,2-4,7H2,1H3,(H,8,9,10,11). The number of hydrogen-bond acceptors (Lipinski definition) is 5. The van der Waals surface area contributed by atoms with Gasteiger partial charge in [0.1, 0.15) is 0 Å². The average molecular weight is 171 g/mol. The van der Waals surface area contributed by atoms with E-state index >= 15 is 0 Å². The molecule has 0 spiro atoms. The molecular formula is C6H13N5O. The molecule has 1 unspecified atom stereocenters. The highest BCUT2D eigenvalue weighted by molar-refractivity contribution is 4.85. The summed E-state index contributed by atoms with van der Waals surface area (Å²) in [5, 5.41) is 13.3. The molecule has 12 heavy (non-hydrogen) atoms. The Balaban J connectivity index is 2.25. The van der Waals surface area contributed by atoms with E-state index in [9.17, 15) is 0 Å². The van der Waals surface area contributed by atoms with Gasteiger partial charge in [0, 0.05) is 13.7 Å². The van der Waals surface area contributed by atoms with Crippen molar-refractivity contribution in [3.05, 3.63) is 5.82 Å². The number of H-pyrrole nitrogens is 1. The first-order chi connectivity index (χ1) is 5.84. The van der Waals surface area contributed by atoms with E-state index in [0.717, 1.165) is 12.8 Å². The minimum absolute atomic E-state index is 0.140. The predicted molar refractivity (Wildman–Crippen MR) is 42.2 cm³/mol. The van der Waals surface area contributed by atoms with Gasteiger partial charge in [-0.1, -0.05) is 5.21 Å². The highest BCUT2D eigenvalue weighted by atomic mass is 16.5. The molecule has 0 fully saturated rings. The highest BCUT2D eigenvalue weighted by Gasteiger charge is 2.09. The van der Waals surface area contributed by atoms with Crippen molar-refractivity contribution in [2.24, 2.45) is 5.73 Å². The maximum Gasteiger partial charge on any atom is 0.191 e. The summed E-state index contributed by atoms with van der Waals surface area (Å²) in [6.07, 6.45) is 1.72. The Morgan fingerprint density at radius 1 is 1.67 bits per heavy atom. The predicted octanol–water partition coefficient (Wildman–Crippen LogP) is -0.374. The quantitative estimate of drug-likeness (QED) is 0.590. The third-order valence-electron chi connectivity index (χ3n) is 1.56. The normalized spacial score (nSPS) is 13.2. The Morgan fingerprint density at radius 2 is 2.50 bits per heavy atom. The number of nitrogens with one attached hydrogen (secondary N) is 1. The monoisotopic (exact) mass is 171 g/mol. The Morgan fingerprint density at radius 3 is 3.08 bits per heavy atom. The first-order valence-corrected chi connectivity index (χ1v) is 3.82. The van der Waals surface area contributed by atoms with Gasteiger partial charge < -0.3 is 10.5 Å². The Kier molecular flexibility index (Phi) is 3.62. The molecule has 1 aromatic rings. The van der Waals surface area contributed by atoms with Crippen LogP contribution in [0, 0.1) is 0 Å². The lowest BCUT2D eigenvalue weighted by atomic mass is 10.2. The van der Waals surface area contributed by atoms with Crippen molar-refractivity contribution < 1.29 is 4.74 Å².